The van der Waals surface area contributed by atoms with Crippen LogP contribution in [-0.2, 0) is 9.53 Å². The lowest BCUT2D eigenvalue weighted by Crippen LogP contribution is -2.18. The molecule has 1 aromatic rings. The van der Waals surface area contributed by atoms with Crippen LogP contribution in [0.4, 0.5) is 0 Å². The van der Waals surface area contributed by atoms with Crippen LogP contribution in [0.5, 0.6) is 5.75 Å². The molecular formula is C13H14O3. The first-order valence-corrected chi connectivity index (χ1v) is 5.31. The van der Waals surface area contributed by atoms with Crippen LogP contribution in [0.3, 0.4) is 0 Å². The molecule has 0 fully saturated rings. The van der Waals surface area contributed by atoms with Crippen LogP contribution in [0.25, 0.3) is 0 Å². The highest BCUT2D eigenvalue weighted by Gasteiger charge is 2.22. The van der Waals surface area contributed by atoms with Crippen molar-refractivity contribution >= 4 is 5.97 Å². The molecule has 2 atom stereocenters. The van der Waals surface area contributed by atoms with Crippen LogP contribution in [0.2, 0.25) is 0 Å². The molecule has 0 unspecified atom stereocenters. The number of hydrogen-bond acceptors (Lipinski definition) is 3. The summed E-state index contributed by atoms with van der Waals surface area (Å²) in [4.78, 5) is 10.8. The standard InChI is InChI=1S/C13H14O3/c1-10(14)15-12-7-8-13(9-12)16-11-5-3-2-4-6-11/h2-8,12-13H,9H2,1H3/t12-,13-/m0/s1. The number of carbonyl (C=O) groups is 1. The molecular weight excluding hydrogens is 204 g/mol. The summed E-state index contributed by atoms with van der Waals surface area (Å²) in [5.41, 5.74) is 0. The normalized spacial score (nSPS) is 23.1. The van der Waals surface area contributed by atoms with Gasteiger partial charge in [-0.2, -0.15) is 0 Å². The quantitative estimate of drug-likeness (QED) is 0.577. The minimum atomic E-state index is -0.255. The zero-order valence-electron chi connectivity index (χ0n) is 9.13. The molecule has 16 heavy (non-hydrogen) atoms. The summed E-state index contributed by atoms with van der Waals surface area (Å²) in [6.45, 7) is 1.42. The molecule has 0 aliphatic heterocycles. The highest BCUT2D eigenvalue weighted by Crippen LogP contribution is 2.20. The number of carbonyl (C=O) groups excluding carboxylic acids is 1. The van der Waals surface area contributed by atoms with Gasteiger partial charge >= 0.3 is 5.97 Å². The van der Waals surface area contributed by atoms with Gasteiger partial charge in [-0.25, -0.2) is 0 Å². The first-order chi connectivity index (χ1) is 7.74. The van der Waals surface area contributed by atoms with Crippen molar-refractivity contribution in [3.8, 4) is 5.75 Å². The maximum Gasteiger partial charge on any atom is 0.303 e. The van der Waals surface area contributed by atoms with Gasteiger partial charge in [0.05, 0.1) is 0 Å². The van der Waals surface area contributed by atoms with Gasteiger partial charge in [-0.1, -0.05) is 18.2 Å². The molecule has 1 aliphatic rings. The predicted molar refractivity (Wildman–Crippen MR) is 60.2 cm³/mol. The van der Waals surface area contributed by atoms with E-state index in [2.05, 4.69) is 0 Å². The number of esters is 1. The van der Waals surface area contributed by atoms with E-state index in [0.717, 1.165) is 5.75 Å². The van der Waals surface area contributed by atoms with Crippen LogP contribution in [0, 0.1) is 0 Å². The van der Waals surface area contributed by atoms with Gasteiger partial charge in [0, 0.05) is 13.3 Å². The third-order valence-electron chi connectivity index (χ3n) is 2.35. The van der Waals surface area contributed by atoms with E-state index in [4.69, 9.17) is 9.47 Å². The maximum atomic E-state index is 10.8. The predicted octanol–water partition coefficient (Wildman–Crippen LogP) is 2.33. The number of ether oxygens (including phenoxy) is 2. The second kappa shape index (κ2) is 4.84. The molecule has 0 N–H and O–H groups in total. The lowest BCUT2D eigenvalue weighted by atomic mass is 10.2. The van der Waals surface area contributed by atoms with E-state index in [0.29, 0.717) is 6.42 Å². The molecule has 0 radical (unpaired) electrons. The Morgan fingerprint density at radius 3 is 2.56 bits per heavy atom. The lowest BCUT2D eigenvalue weighted by molar-refractivity contribution is -0.144. The Morgan fingerprint density at radius 2 is 1.88 bits per heavy atom. The Kier molecular flexibility index (Phi) is 3.25. The average molecular weight is 218 g/mol. The van der Waals surface area contributed by atoms with Crippen molar-refractivity contribution < 1.29 is 14.3 Å². The van der Waals surface area contributed by atoms with Gasteiger partial charge in [0.25, 0.3) is 0 Å². The molecule has 3 heteroatoms. The topological polar surface area (TPSA) is 35.5 Å². The van der Waals surface area contributed by atoms with Gasteiger partial charge in [0.15, 0.2) is 0 Å². The van der Waals surface area contributed by atoms with Crippen LogP contribution in [0.1, 0.15) is 13.3 Å². The number of benzene rings is 1. The monoisotopic (exact) mass is 218 g/mol. The molecule has 1 aliphatic carbocycles. The molecule has 0 bridgehead atoms. The van der Waals surface area contributed by atoms with Crippen LogP contribution in [0.15, 0.2) is 42.5 Å². The van der Waals surface area contributed by atoms with Crippen molar-refractivity contribution in [2.75, 3.05) is 0 Å². The van der Waals surface area contributed by atoms with Crippen molar-refractivity contribution in [1.29, 1.82) is 0 Å². The summed E-state index contributed by atoms with van der Waals surface area (Å²) in [5.74, 6) is 0.579. The minimum absolute atomic E-state index is 0.00764. The molecule has 0 saturated carbocycles. The lowest BCUT2D eigenvalue weighted by Gasteiger charge is -2.14. The van der Waals surface area contributed by atoms with Gasteiger partial charge in [-0.05, 0) is 24.3 Å². The molecule has 0 heterocycles. The van der Waals surface area contributed by atoms with E-state index >= 15 is 0 Å². The van der Waals surface area contributed by atoms with Gasteiger partial charge in [0.2, 0.25) is 0 Å². The third-order valence-corrected chi connectivity index (χ3v) is 2.35. The zero-order chi connectivity index (χ0) is 11.4. The van der Waals surface area contributed by atoms with Crippen molar-refractivity contribution in [2.45, 2.75) is 25.6 Å². The zero-order valence-corrected chi connectivity index (χ0v) is 9.13. The van der Waals surface area contributed by atoms with E-state index in [9.17, 15) is 4.79 Å². The summed E-state index contributed by atoms with van der Waals surface area (Å²) in [6.07, 6.45) is 4.34. The van der Waals surface area contributed by atoms with Crippen molar-refractivity contribution in [1.82, 2.24) is 0 Å². The van der Waals surface area contributed by atoms with Crippen molar-refractivity contribution in [3.05, 3.63) is 42.5 Å². The van der Waals surface area contributed by atoms with E-state index in [1.165, 1.54) is 6.92 Å². The van der Waals surface area contributed by atoms with E-state index in [1.54, 1.807) is 0 Å². The Balaban J connectivity index is 1.86. The van der Waals surface area contributed by atoms with Gasteiger partial charge in [-0.3, -0.25) is 4.79 Å². The Hall–Kier alpha value is -1.77. The second-order valence-electron chi connectivity index (χ2n) is 3.74. The second-order valence-corrected chi connectivity index (χ2v) is 3.74. The third kappa shape index (κ3) is 2.86. The molecule has 0 amide bonds. The Bertz CT molecular complexity index is 383. The van der Waals surface area contributed by atoms with E-state index in [-0.39, 0.29) is 18.2 Å². The largest absolute Gasteiger partial charge is 0.486 e. The fourth-order valence-electron chi connectivity index (χ4n) is 1.70. The number of hydrogen-bond donors (Lipinski definition) is 0. The minimum Gasteiger partial charge on any atom is -0.486 e. The summed E-state index contributed by atoms with van der Waals surface area (Å²) in [6, 6.07) is 9.62. The maximum absolute atomic E-state index is 10.8. The van der Waals surface area contributed by atoms with Gasteiger partial charge in [0.1, 0.15) is 18.0 Å². The van der Waals surface area contributed by atoms with Gasteiger partial charge in [-0.15, -0.1) is 0 Å². The number of rotatable bonds is 3. The van der Waals surface area contributed by atoms with Crippen molar-refractivity contribution in [2.24, 2.45) is 0 Å². The summed E-state index contributed by atoms with van der Waals surface area (Å²) >= 11 is 0. The smallest absolute Gasteiger partial charge is 0.303 e. The highest BCUT2D eigenvalue weighted by atomic mass is 16.5. The molecule has 2 rings (SSSR count). The molecule has 0 spiro atoms. The highest BCUT2D eigenvalue weighted by molar-refractivity contribution is 5.66. The van der Waals surface area contributed by atoms with Crippen LogP contribution in [-0.4, -0.2) is 18.2 Å². The molecule has 3 nitrogen and oxygen atoms in total. The van der Waals surface area contributed by atoms with E-state index in [1.807, 2.05) is 42.5 Å². The van der Waals surface area contributed by atoms with Crippen LogP contribution >= 0.6 is 0 Å². The first kappa shape index (κ1) is 10.7. The first-order valence-electron chi connectivity index (χ1n) is 5.31. The van der Waals surface area contributed by atoms with E-state index < -0.39 is 0 Å². The summed E-state index contributed by atoms with van der Waals surface area (Å²) in [5, 5.41) is 0. The number of para-hydroxylation sites is 1. The molecule has 0 saturated heterocycles. The Morgan fingerprint density at radius 1 is 1.19 bits per heavy atom. The summed E-state index contributed by atoms with van der Waals surface area (Å²) in [7, 11) is 0. The SMILES string of the molecule is CC(=O)O[C@H]1C=C[C@H](Oc2ccccc2)C1. The fourth-order valence-corrected chi connectivity index (χ4v) is 1.70. The molecule has 0 aromatic heterocycles. The Labute approximate surface area is 94.7 Å². The van der Waals surface area contributed by atoms with Crippen LogP contribution < -0.4 is 4.74 Å². The van der Waals surface area contributed by atoms with Gasteiger partial charge < -0.3 is 9.47 Å². The average Bonchev–Trinajstić information content (AvgIpc) is 2.66. The summed E-state index contributed by atoms with van der Waals surface area (Å²) < 4.78 is 10.8. The van der Waals surface area contributed by atoms with Crippen molar-refractivity contribution in [3.63, 3.8) is 0 Å². The molecule has 84 valence electrons. The fraction of sp³-hybridized carbons (Fsp3) is 0.308. The molecule has 1 aromatic carbocycles.